The van der Waals surface area contributed by atoms with Gasteiger partial charge in [0.05, 0.1) is 6.10 Å². The fourth-order valence-corrected chi connectivity index (χ4v) is 10.1. The molecule has 1 fully saturated rings. The number of carbonyl (C=O) groups excluding carboxylic acids is 1. The van der Waals surface area contributed by atoms with Gasteiger partial charge in [-0.2, -0.15) is 0 Å². The molecule has 1 aromatic rings. The van der Waals surface area contributed by atoms with Crippen molar-refractivity contribution in [2.24, 2.45) is 0 Å². The monoisotopic (exact) mass is 377 g/mol. The van der Waals surface area contributed by atoms with Crippen LogP contribution >= 0.6 is 0 Å². The topological polar surface area (TPSA) is 47.6 Å². The zero-order valence-electron chi connectivity index (χ0n) is 17.1. The fraction of sp³-hybridized carbons (Fsp3) is 0.667. The second kappa shape index (κ2) is 9.15. The molecular weight excluding hydrogens is 342 g/mol. The van der Waals surface area contributed by atoms with Crippen molar-refractivity contribution in [1.82, 2.24) is 5.32 Å². The van der Waals surface area contributed by atoms with Gasteiger partial charge in [-0.1, -0.05) is 71.9 Å². The Hall–Kier alpha value is -1.17. The lowest BCUT2D eigenvalue weighted by molar-refractivity contribution is -0.147. The van der Waals surface area contributed by atoms with Crippen LogP contribution in [0.4, 0.5) is 0 Å². The van der Waals surface area contributed by atoms with Crippen LogP contribution in [0.2, 0.25) is 16.6 Å². The summed E-state index contributed by atoms with van der Waals surface area (Å²) < 4.78 is 12.3. The molecule has 1 aliphatic heterocycles. The summed E-state index contributed by atoms with van der Waals surface area (Å²) in [5.74, 6) is -0.175. The van der Waals surface area contributed by atoms with Crippen molar-refractivity contribution in [3.8, 4) is 0 Å². The fourth-order valence-electron chi connectivity index (χ4n) is 4.50. The maximum Gasteiger partial charge on any atom is 0.323 e. The van der Waals surface area contributed by atoms with Crippen LogP contribution in [0, 0.1) is 0 Å². The molecule has 26 heavy (non-hydrogen) atoms. The Morgan fingerprint density at radius 1 is 1.08 bits per heavy atom. The van der Waals surface area contributed by atoms with E-state index in [1.54, 1.807) is 0 Å². The highest BCUT2D eigenvalue weighted by molar-refractivity contribution is 6.77. The Morgan fingerprint density at radius 3 is 2.19 bits per heavy atom. The first-order valence-corrected chi connectivity index (χ1v) is 12.0. The largest absolute Gasteiger partial charge is 0.460 e. The molecule has 0 amide bonds. The molecule has 1 saturated heterocycles. The third-order valence-corrected chi connectivity index (χ3v) is 11.8. The minimum atomic E-state index is -1.92. The average Bonchev–Trinajstić information content (AvgIpc) is 3.06. The van der Waals surface area contributed by atoms with Gasteiger partial charge in [-0.05, 0) is 28.6 Å². The third kappa shape index (κ3) is 4.75. The third-order valence-electron chi connectivity index (χ3n) is 5.68. The van der Waals surface area contributed by atoms with Crippen LogP contribution in [0.5, 0.6) is 0 Å². The van der Waals surface area contributed by atoms with Crippen molar-refractivity contribution in [1.29, 1.82) is 0 Å². The predicted octanol–water partition coefficient (Wildman–Crippen LogP) is 4.65. The standard InChI is InChI=1S/C21H35NO3Si/c1-15(2)26(16(3)4,17(5)6)25-19-12-20(22-13-19)21(23)24-14-18-10-8-7-9-11-18/h7-11,15-17,19-20,22H,12-14H2,1-6H3/t19-,20-/m0/s1. The number of hydrogen-bond acceptors (Lipinski definition) is 4. The molecule has 0 unspecified atom stereocenters. The molecule has 0 saturated carbocycles. The number of benzene rings is 1. The van der Waals surface area contributed by atoms with Gasteiger partial charge in [0, 0.05) is 6.54 Å². The Balaban J connectivity index is 1.93. The van der Waals surface area contributed by atoms with E-state index in [4.69, 9.17) is 9.16 Å². The predicted molar refractivity (Wildman–Crippen MR) is 109 cm³/mol. The van der Waals surface area contributed by atoms with Crippen LogP contribution in [-0.4, -0.2) is 33.0 Å². The first kappa shape index (κ1) is 21.1. The first-order chi connectivity index (χ1) is 12.3. The van der Waals surface area contributed by atoms with E-state index in [9.17, 15) is 4.79 Å². The van der Waals surface area contributed by atoms with E-state index in [0.29, 0.717) is 29.7 Å². The van der Waals surface area contributed by atoms with E-state index >= 15 is 0 Å². The number of esters is 1. The van der Waals surface area contributed by atoms with E-state index in [1.807, 2.05) is 30.3 Å². The molecule has 0 bridgehead atoms. The van der Waals surface area contributed by atoms with Gasteiger partial charge in [-0.15, -0.1) is 0 Å². The van der Waals surface area contributed by atoms with Crippen molar-refractivity contribution in [2.45, 2.75) is 83.3 Å². The van der Waals surface area contributed by atoms with Crippen LogP contribution in [0.3, 0.4) is 0 Å². The number of rotatable bonds is 8. The van der Waals surface area contributed by atoms with Crippen molar-refractivity contribution in [2.75, 3.05) is 6.54 Å². The van der Waals surface area contributed by atoms with Gasteiger partial charge >= 0.3 is 5.97 Å². The van der Waals surface area contributed by atoms with Crippen molar-refractivity contribution < 1.29 is 14.0 Å². The van der Waals surface area contributed by atoms with E-state index in [-0.39, 0.29) is 18.1 Å². The quantitative estimate of drug-likeness (QED) is 0.529. The number of hydrogen-bond donors (Lipinski definition) is 1. The van der Waals surface area contributed by atoms with Crippen LogP contribution in [-0.2, 0) is 20.6 Å². The SMILES string of the molecule is CC(C)[Si](O[C@@H]1CN[C@H](C(=O)OCc2ccccc2)C1)(C(C)C)C(C)C. The maximum absolute atomic E-state index is 12.4. The summed E-state index contributed by atoms with van der Waals surface area (Å²) in [6.07, 6.45) is 0.803. The number of ether oxygens (including phenoxy) is 1. The van der Waals surface area contributed by atoms with Crippen molar-refractivity contribution >= 4 is 14.3 Å². The number of nitrogens with one attached hydrogen (secondary N) is 1. The molecule has 2 atom stereocenters. The summed E-state index contributed by atoms with van der Waals surface area (Å²) in [7, 11) is -1.92. The van der Waals surface area contributed by atoms with Crippen LogP contribution in [0.25, 0.3) is 0 Å². The van der Waals surface area contributed by atoms with Crippen molar-refractivity contribution in [3.63, 3.8) is 0 Å². The summed E-state index contributed by atoms with van der Waals surface area (Å²) in [5, 5.41) is 3.30. The molecule has 1 aromatic carbocycles. The lowest BCUT2D eigenvalue weighted by Crippen LogP contribution is -2.50. The average molecular weight is 378 g/mol. The zero-order chi connectivity index (χ0) is 19.3. The normalized spacial score (nSPS) is 21.0. The van der Waals surface area contributed by atoms with Gasteiger partial charge < -0.3 is 14.5 Å². The first-order valence-electron chi connectivity index (χ1n) is 9.89. The molecule has 4 nitrogen and oxygen atoms in total. The highest BCUT2D eigenvalue weighted by Gasteiger charge is 2.48. The summed E-state index contributed by atoms with van der Waals surface area (Å²) in [4.78, 5) is 12.4. The second-order valence-corrected chi connectivity index (χ2v) is 13.8. The summed E-state index contributed by atoms with van der Waals surface area (Å²) >= 11 is 0. The van der Waals surface area contributed by atoms with Crippen molar-refractivity contribution in [3.05, 3.63) is 35.9 Å². The van der Waals surface area contributed by atoms with Crippen LogP contribution in [0.15, 0.2) is 30.3 Å². The van der Waals surface area contributed by atoms with Gasteiger partial charge in [0.15, 0.2) is 0 Å². The highest BCUT2D eigenvalue weighted by Crippen LogP contribution is 2.43. The Bertz CT molecular complexity index is 552. The lowest BCUT2D eigenvalue weighted by Gasteiger charge is -2.44. The molecule has 0 aliphatic carbocycles. The van der Waals surface area contributed by atoms with Gasteiger partial charge in [0.2, 0.25) is 8.32 Å². The lowest BCUT2D eigenvalue weighted by atomic mass is 10.2. The Morgan fingerprint density at radius 2 is 1.65 bits per heavy atom. The molecular formula is C21H35NO3Si. The molecule has 146 valence electrons. The second-order valence-electron chi connectivity index (χ2n) is 8.35. The smallest absolute Gasteiger partial charge is 0.323 e. The molecule has 1 N–H and O–H groups in total. The minimum absolute atomic E-state index is 0.100. The van der Waals surface area contributed by atoms with E-state index < -0.39 is 8.32 Å². The number of carbonyl (C=O) groups is 1. The molecule has 0 radical (unpaired) electrons. The van der Waals surface area contributed by atoms with Gasteiger partial charge in [-0.25, -0.2) is 0 Å². The van der Waals surface area contributed by atoms with Crippen LogP contribution in [0.1, 0.15) is 53.5 Å². The van der Waals surface area contributed by atoms with E-state index in [1.165, 1.54) is 0 Å². The molecule has 1 aliphatic rings. The molecule has 0 aromatic heterocycles. The molecule has 2 rings (SSSR count). The molecule has 1 heterocycles. The molecule has 0 spiro atoms. The van der Waals surface area contributed by atoms with Crippen LogP contribution < -0.4 is 5.32 Å². The Kier molecular flexibility index (Phi) is 7.44. The van der Waals surface area contributed by atoms with E-state index in [0.717, 1.165) is 12.1 Å². The van der Waals surface area contributed by atoms with Gasteiger partial charge in [0.25, 0.3) is 0 Å². The summed E-state index contributed by atoms with van der Waals surface area (Å²) in [6.45, 7) is 14.8. The van der Waals surface area contributed by atoms with E-state index in [2.05, 4.69) is 46.9 Å². The van der Waals surface area contributed by atoms with Gasteiger partial charge in [0.1, 0.15) is 12.6 Å². The maximum atomic E-state index is 12.4. The minimum Gasteiger partial charge on any atom is -0.460 e. The zero-order valence-corrected chi connectivity index (χ0v) is 18.1. The molecule has 5 heteroatoms. The summed E-state index contributed by atoms with van der Waals surface area (Å²) in [6, 6.07) is 9.54. The van der Waals surface area contributed by atoms with Gasteiger partial charge in [-0.3, -0.25) is 4.79 Å². The highest BCUT2D eigenvalue weighted by atomic mass is 28.4. The summed E-state index contributed by atoms with van der Waals surface area (Å²) in [5.41, 5.74) is 2.65. The Labute approximate surface area is 159 Å².